The van der Waals surface area contributed by atoms with Gasteiger partial charge in [0.1, 0.15) is 11.4 Å². The molecular formula is C17H23N3O2S. The van der Waals surface area contributed by atoms with Crippen LogP contribution in [-0.4, -0.2) is 35.2 Å². The van der Waals surface area contributed by atoms with Crippen LogP contribution in [0.1, 0.15) is 33.6 Å². The van der Waals surface area contributed by atoms with Crippen LogP contribution in [0.3, 0.4) is 0 Å². The summed E-state index contributed by atoms with van der Waals surface area (Å²) in [7, 11) is 0. The van der Waals surface area contributed by atoms with Crippen molar-refractivity contribution < 1.29 is 9.53 Å². The first kappa shape index (κ1) is 16.1. The van der Waals surface area contributed by atoms with Gasteiger partial charge in [0.25, 0.3) is 0 Å². The molecule has 2 aromatic rings. The number of nitrogens with zero attached hydrogens (tertiary/aromatic N) is 2. The molecule has 1 aliphatic rings. The molecule has 0 spiro atoms. The third kappa shape index (κ3) is 3.93. The molecule has 1 fully saturated rings. The number of carbonyl (C=O) groups is 1. The maximum Gasteiger partial charge on any atom is 0.407 e. The number of ether oxygens (including phenoxy) is 1. The van der Waals surface area contributed by atoms with Gasteiger partial charge in [0.15, 0.2) is 0 Å². The first-order valence-electron chi connectivity index (χ1n) is 8.01. The van der Waals surface area contributed by atoms with E-state index < -0.39 is 5.60 Å². The molecule has 5 nitrogen and oxygen atoms in total. The smallest absolute Gasteiger partial charge is 0.407 e. The number of fused-ring (bicyclic) bond motifs is 1. The molecule has 1 aromatic carbocycles. The summed E-state index contributed by atoms with van der Waals surface area (Å²) in [5.74, 6) is 1.03. The third-order valence-electron chi connectivity index (χ3n) is 3.80. The molecule has 124 valence electrons. The van der Waals surface area contributed by atoms with E-state index in [1.165, 1.54) is 21.6 Å². The number of piperidine rings is 1. The molecule has 1 aliphatic heterocycles. The Bertz CT molecular complexity index is 692. The second kappa shape index (κ2) is 6.35. The van der Waals surface area contributed by atoms with Crippen molar-refractivity contribution in [2.75, 3.05) is 18.0 Å². The SMILES string of the molecule is CC(C)(C)OC(=O)N[C@@H]1CCCN(c2nsc3ccccc23)C1. The predicted octanol–water partition coefficient (Wildman–Crippen LogP) is 3.79. The van der Waals surface area contributed by atoms with Crippen molar-refractivity contribution in [3.63, 3.8) is 0 Å². The number of hydrogen-bond acceptors (Lipinski definition) is 5. The number of amides is 1. The predicted molar refractivity (Wildman–Crippen MR) is 94.2 cm³/mol. The Kier molecular flexibility index (Phi) is 4.43. The van der Waals surface area contributed by atoms with Crippen molar-refractivity contribution in [3.8, 4) is 0 Å². The summed E-state index contributed by atoms with van der Waals surface area (Å²) < 4.78 is 11.2. The highest BCUT2D eigenvalue weighted by atomic mass is 32.1. The number of benzene rings is 1. The highest BCUT2D eigenvalue weighted by Crippen LogP contribution is 2.30. The number of hydrogen-bond donors (Lipinski definition) is 1. The lowest BCUT2D eigenvalue weighted by molar-refractivity contribution is 0.0500. The summed E-state index contributed by atoms with van der Waals surface area (Å²) >= 11 is 1.53. The van der Waals surface area contributed by atoms with Gasteiger partial charge in [0.05, 0.1) is 4.70 Å². The van der Waals surface area contributed by atoms with E-state index in [9.17, 15) is 4.79 Å². The van der Waals surface area contributed by atoms with Crippen LogP contribution in [0.15, 0.2) is 24.3 Å². The highest BCUT2D eigenvalue weighted by Gasteiger charge is 2.26. The number of aromatic nitrogens is 1. The molecule has 1 N–H and O–H groups in total. The van der Waals surface area contributed by atoms with Crippen LogP contribution in [0.4, 0.5) is 10.6 Å². The zero-order valence-electron chi connectivity index (χ0n) is 13.8. The van der Waals surface area contributed by atoms with Gasteiger partial charge in [0.2, 0.25) is 0 Å². The maximum atomic E-state index is 12.0. The number of rotatable bonds is 2. The minimum Gasteiger partial charge on any atom is -0.444 e. The fraction of sp³-hybridized carbons (Fsp3) is 0.529. The Morgan fingerprint density at radius 2 is 2.17 bits per heavy atom. The second-order valence-corrected chi connectivity index (χ2v) is 7.74. The average molecular weight is 333 g/mol. The van der Waals surface area contributed by atoms with Crippen LogP contribution in [0, 0.1) is 0 Å². The Balaban J connectivity index is 1.68. The summed E-state index contributed by atoms with van der Waals surface area (Å²) in [5.41, 5.74) is -0.469. The minimum absolute atomic E-state index is 0.0964. The Morgan fingerprint density at radius 1 is 1.39 bits per heavy atom. The van der Waals surface area contributed by atoms with E-state index in [4.69, 9.17) is 4.74 Å². The van der Waals surface area contributed by atoms with Gasteiger partial charge >= 0.3 is 6.09 Å². The van der Waals surface area contributed by atoms with E-state index in [0.29, 0.717) is 0 Å². The molecule has 0 saturated carbocycles. The van der Waals surface area contributed by atoms with Gasteiger partial charge in [0, 0.05) is 24.5 Å². The van der Waals surface area contributed by atoms with Crippen LogP contribution in [0.2, 0.25) is 0 Å². The molecule has 3 rings (SSSR count). The summed E-state index contributed by atoms with van der Waals surface area (Å²) in [4.78, 5) is 14.2. The largest absolute Gasteiger partial charge is 0.444 e. The number of carbonyl (C=O) groups excluding carboxylic acids is 1. The van der Waals surface area contributed by atoms with Gasteiger partial charge in [-0.3, -0.25) is 0 Å². The van der Waals surface area contributed by atoms with Gasteiger partial charge in [-0.15, -0.1) is 0 Å². The van der Waals surface area contributed by atoms with Crippen molar-refractivity contribution in [2.24, 2.45) is 0 Å². The van der Waals surface area contributed by atoms with E-state index in [1.807, 2.05) is 32.9 Å². The molecule has 2 heterocycles. The first-order valence-corrected chi connectivity index (χ1v) is 8.78. The second-order valence-electron chi connectivity index (χ2n) is 6.93. The molecule has 1 aromatic heterocycles. The van der Waals surface area contributed by atoms with Gasteiger partial charge in [-0.2, -0.15) is 4.37 Å². The summed E-state index contributed by atoms with van der Waals surface area (Å²) in [5, 5.41) is 4.18. The van der Waals surface area contributed by atoms with Gasteiger partial charge in [-0.25, -0.2) is 4.79 Å². The number of alkyl carbamates (subject to hydrolysis) is 1. The zero-order valence-corrected chi connectivity index (χ0v) is 14.7. The minimum atomic E-state index is -0.469. The molecule has 0 bridgehead atoms. The van der Waals surface area contributed by atoms with E-state index >= 15 is 0 Å². The van der Waals surface area contributed by atoms with Gasteiger partial charge in [-0.1, -0.05) is 12.1 Å². The van der Waals surface area contributed by atoms with Crippen molar-refractivity contribution in [3.05, 3.63) is 24.3 Å². The lowest BCUT2D eigenvalue weighted by Crippen LogP contribution is -2.49. The summed E-state index contributed by atoms with van der Waals surface area (Å²) in [6, 6.07) is 8.38. The van der Waals surface area contributed by atoms with Crippen LogP contribution in [0.5, 0.6) is 0 Å². The highest BCUT2D eigenvalue weighted by molar-refractivity contribution is 7.13. The molecule has 0 aliphatic carbocycles. The number of anilines is 1. The van der Waals surface area contributed by atoms with Gasteiger partial charge in [-0.05, 0) is 57.3 Å². The van der Waals surface area contributed by atoms with Crippen molar-refractivity contribution in [2.45, 2.75) is 45.3 Å². The Morgan fingerprint density at radius 3 is 2.96 bits per heavy atom. The Labute approximate surface area is 140 Å². The van der Waals surface area contributed by atoms with Crippen molar-refractivity contribution in [1.82, 2.24) is 9.69 Å². The molecular weight excluding hydrogens is 310 g/mol. The Hall–Kier alpha value is -1.82. The maximum absolute atomic E-state index is 12.0. The van der Waals surface area contributed by atoms with Gasteiger partial charge < -0.3 is 15.0 Å². The fourth-order valence-electron chi connectivity index (χ4n) is 2.86. The van der Waals surface area contributed by atoms with Crippen LogP contribution < -0.4 is 10.2 Å². The molecule has 1 amide bonds. The van der Waals surface area contributed by atoms with E-state index in [0.717, 1.165) is 31.7 Å². The molecule has 1 saturated heterocycles. The molecule has 1 atom stereocenters. The topological polar surface area (TPSA) is 54.5 Å². The summed E-state index contributed by atoms with van der Waals surface area (Å²) in [6.07, 6.45) is 1.66. The lowest BCUT2D eigenvalue weighted by Gasteiger charge is -2.34. The fourth-order valence-corrected chi connectivity index (χ4v) is 3.66. The quantitative estimate of drug-likeness (QED) is 0.908. The third-order valence-corrected chi connectivity index (χ3v) is 4.62. The standard InChI is InChI=1S/C17H23N3O2S/c1-17(2,3)22-16(21)18-12-7-6-10-20(11-12)15-13-8-4-5-9-14(13)23-19-15/h4-5,8-9,12H,6-7,10-11H2,1-3H3,(H,18,21)/t12-/m1/s1. The summed E-state index contributed by atoms with van der Waals surface area (Å²) in [6.45, 7) is 7.37. The van der Waals surface area contributed by atoms with E-state index in [-0.39, 0.29) is 12.1 Å². The molecule has 6 heteroatoms. The lowest BCUT2D eigenvalue weighted by atomic mass is 10.1. The van der Waals surface area contributed by atoms with Crippen molar-refractivity contribution >= 4 is 33.5 Å². The van der Waals surface area contributed by atoms with Crippen LogP contribution >= 0.6 is 11.5 Å². The van der Waals surface area contributed by atoms with E-state index in [1.54, 1.807) is 0 Å². The average Bonchev–Trinajstić information content (AvgIpc) is 2.89. The molecule has 23 heavy (non-hydrogen) atoms. The molecule has 0 unspecified atom stereocenters. The zero-order chi connectivity index (χ0) is 16.4. The first-order chi connectivity index (χ1) is 10.9. The van der Waals surface area contributed by atoms with Crippen LogP contribution in [-0.2, 0) is 4.74 Å². The molecule has 0 radical (unpaired) electrons. The van der Waals surface area contributed by atoms with Crippen molar-refractivity contribution in [1.29, 1.82) is 0 Å². The monoisotopic (exact) mass is 333 g/mol. The van der Waals surface area contributed by atoms with Crippen LogP contribution in [0.25, 0.3) is 10.1 Å². The normalized spacial score (nSPS) is 18.9. The number of nitrogens with one attached hydrogen (secondary N) is 1. The van der Waals surface area contributed by atoms with E-state index in [2.05, 4.69) is 26.7 Å².